The molecule has 1 aromatic heterocycles. The molecule has 0 fully saturated rings. The van der Waals surface area contributed by atoms with Crippen molar-refractivity contribution in [1.29, 1.82) is 0 Å². The van der Waals surface area contributed by atoms with Crippen molar-refractivity contribution in [2.24, 2.45) is 0 Å². The van der Waals surface area contributed by atoms with Crippen LogP contribution in [0.25, 0.3) is 0 Å². The highest BCUT2D eigenvalue weighted by Crippen LogP contribution is 2.08. The number of aryl methyl sites for hydroxylation is 1. The minimum absolute atomic E-state index is 0.467. The van der Waals surface area contributed by atoms with Crippen LogP contribution in [0.3, 0.4) is 0 Å². The van der Waals surface area contributed by atoms with Crippen molar-refractivity contribution in [1.82, 2.24) is 9.78 Å². The van der Waals surface area contributed by atoms with Crippen molar-refractivity contribution in [2.75, 3.05) is 6.61 Å². The number of carbonyl (C=O) groups is 1. The Labute approximate surface area is 99.8 Å². The van der Waals surface area contributed by atoms with Crippen molar-refractivity contribution in [3.8, 4) is 5.75 Å². The van der Waals surface area contributed by atoms with E-state index in [9.17, 15) is 4.79 Å². The first-order valence-electron chi connectivity index (χ1n) is 5.55. The molecule has 0 aliphatic heterocycles. The Bertz CT molecular complexity index is 465. The number of ether oxygens (including phenoxy) is 1. The average Bonchev–Trinajstić information content (AvgIpc) is 2.84. The van der Waals surface area contributed by atoms with Gasteiger partial charge in [0.2, 0.25) is 0 Å². The Balaban J connectivity index is 1.71. The summed E-state index contributed by atoms with van der Waals surface area (Å²) in [7, 11) is 0. The zero-order valence-electron chi connectivity index (χ0n) is 9.45. The monoisotopic (exact) mass is 230 g/mol. The maximum atomic E-state index is 10.4. The van der Waals surface area contributed by atoms with Gasteiger partial charge in [-0.1, -0.05) is 18.2 Å². The molecular weight excluding hydrogens is 216 g/mol. The first-order chi connectivity index (χ1) is 8.38. The van der Waals surface area contributed by atoms with Gasteiger partial charge in [-0.25, -0.2) is 0 Å². The fourth-order valence-corrected chi connectivity index (χ4v) is 1.50. The maximum absolute atomic E-state index is 10.4. The molecule has 0 bridgehead atoms. The van der Waals surface area contributed by atoms with Crippen molar-refractivity contribution in [3.05, 3.63) is 48.3 Å². The summed E-state index contributed by atoms with van der Waals surface area (Å²) >= 11 is 0. The van der Waals surface area contributed by atoms with Gasteiger partial charge in [-0.15, -0.1) is 0 Å². The second-order valence-corrected chi connectivity index (χ2v) is 3.64. The van der Waals surface area contributed by atoms with Crippen LogP contribution in [0.5, 0.6) is 5.75 Å². The number of hydrogen-bond donors (Lipinski definition) is 0. The van der Waals surface area contributed by atoms with E-state index in [2.05, 4.69) is 5.10 Å². The molecule has 2 rings (SSSR count). The lowest BCUT2D eigenvalue weighted by molar-refractivity contribution is 0.111. The zero-order valence-corrected chi connectivity index (χ0v) is 9.45. The van der Waals surface area contributed by atoms with Crippen molar-refractivity contribution in [2.45, 2.75) is 13.0 Å². The number of aromatic nitrogens is 2. The summed E-state index contributed by atoms with van der Waals surface area (Å²) in [5, 5.41) is 4.07. The van der Waals surface area contributed by atoms with Gasteiger partial charge in [0.1, 0.15) is 11.4 Å². The number of benzene rings is 1. The van der Waals surface area contributed by atoms with Crippen LogP contribution in [0, 0.1) is 0 Å². The molecule has 2 aromatic rings. The standard InChI is InChI=1S/C13H14N2O2/c16-11-12-7-9-15(14-12)8-4-10-17-13-5-2-1-3-6-13/h1-3,5-7,9,11H,4,8,10H2. The Hall–Kier alpha value is -2.10. The fourth-order valence-electron chi connectivity index (χ4n) is 1.50. The second-order valence-electron chi connectivity index (χ2n) is 3.64. The van der Waals surface area contributed by atoms with Gasteiger partial charge in [-0.3, -0.25) is 9.48 Å². The quantitative estimate of drug-likeness (QED) is 0.564. The molecule has 17 heavy (non-hydrogen) atoms. The van der Waals surface area contributed by atoms with Crippen molar-refractivity contribution in [3.63, 3.8) is 0 Å². The van der Waals surface area contributed by atoms with Gasteiger partial charge in [-0.2, -0.15) is 5.10 Å². The first-order valence-corrected chi connectivity index (χ1v) is 5.55. The number of aldehydes is 1. The molecule has 0 saturated carbocycles. The lowest BCUT2D eigenvalue weighted by Gasteiger charge is -2.05. The molecule has 0 aliphatic rings. The molecule has 1 aromatic carbocycles. The van der Waals surface area contributed by atoms with Crippen molar-refractivity contribution >= 4 is 6.29 Å². The normalized spacial score (nSPS) is 10.1. The third kappa shape index (κ3) is 3.45. The van der Waals surface area contributed by atoms with E-state index in [0.717, 1.165) is 25.0 Å². The Morgan fingerprint density at radius 3 is 2.76 bits per heavy atom. The van der Waals surface area contributed by atoms with Crippen LogP contribution in [0.2, 0.25) is 0 Å². The number of carbonyl (C=O) groups excluding carboxylic acids is 1. The van der Waals surface area contributed by atoms with Crippen LogP contribution in [0.4, 0.5) is 0 Å². The minimum atomic E-state index is 0.467. The van der Waals surface area contributed by atoms with Gasteiger partial charge in [0, 0.05) is 19.2 Å². The number of nitrogens with zero attached hydrogens (tertiary/aromatic N) is 2. The van der Waals surface area contributed by atoms with Gasteiger partial charge in [0.05, 0.1) is 6.61 Å². The summed E-state index contributed by atoms with van der Waals surface area (Å²) in [5.41, 5.74) is 0.467. The molecule has 0 spiro atoms. The smallest absolute Gasteiger partial charge is 0.170 e. The van der Waals surface area contributed by atoms with Crippen LogP contribution >= 0.6 is 0 Å². The van der Waals surface area contributed by atoms with E-state index >= 15 is 0 Å². The largest absolute Gasteiger partial charge is 0.494 e. The molecule has 0 atom stereocenters. The average molecular weight is 230 g/mol. The summed E-state index contributed by atoms with van der Waals surface area (Å²) in [6.45, 7) is 1.39. The van der Waals surface area contributed by atoms with Crippen LogP contribution in [-0.2, 0) is 6.54 Å². The third-order valence-corrected chi connectivity index (χ3v) is 2.33. The topological polar surface area (TPSA) is 44.1 Å². The molecule has 0 saturated heterocycles. The molecule has 4 nitrogen and oxygen atoms in total. The van der Waals surface area contributed by atoms with Gasteiger partial charge < -0.3 is 4.74 Å². The van der Waals surface area contributed by atoms with E-state index in [4.69, 9.17) is 4.74 Å². The lowest BCUT2D eigenvalue weighted by atomic mass is 10.3. The molecule has 0 N–H and O–H groups in total. The number of rotatable bonds is 6. The summed E-state index contributed by atoms with van der Waals surface area (Å²) in [5.74, 6) is 0.876. The van der Waals surface area contributed by atoms with E-state index in [1.807, 2.05) is 30.3 Å². The Kier molecular flexibility index (Phi) is 3.91. The predicted molar refractivity (Wildman–Crippen MR) is 64.2 cm³/mol. The van der Waals surface area contributed by atoms with Gasteiger partial charge in [-0.05, 0) is 18.2 Å². The molecule has 0 amide bonds. The van der Waals surface area contributed by atoms with Gasteiger partial charge in [0.25, 0.3) is 0 Å². The number of para-hydroxylation sites is 1. The second kappa shape index (κ2) is 5.84. The highest BCUT2D eigenvalue weighted by atomic mass is 16.5. The predicted octanol–water partition coefficient (Wildman–Crippen LogP) is 2.16. The Morgan fingerprint density at radius 2 is 2.06 bits per heavy atom. The zero-order chi connectivity index (χ0) is 11.9. The summed E-state index contributed by atoms with van der Waals surface area (Å²) in [4.78, 5) is 10.4. The SMILES string of the molecule is O=Cc1ccn(CCCOc2ccccc2)n1. The van der Waals surface area contributed by atoms with Gasteiger partial charge >= 0.3 is 0 Å². The van der Waals surface area contributed by atoms with Crippen LogP contribution < -0.4 is 4.74 Å². The van der Waals surface area contributed by atoms with E-state index in [-0.39, 0.29) is 0 Å². The first kappa shape index (κ1) is 11.4. The molecular formula is C13H14N2O2. The molecule has 1 heterocycles. The Morgan fingerprint density at radius 1 is 1.24 bits per heavy atom. The number of hydrogen-bond acceptors (Lipinski definition) is 3. The van der Waals surface area contributed by atoms with E-state index < -0.39 is 0 Å². The summed E-state index contributed by atoms with van der Waals surface area (Å²) in [6, 6.07) is 11.4. The van der Waals surface area contributed by atoms with E-state index in [1.54, 1.807) is 16.9 Å². The molecule has 0 aliphatic carbocycles. The van der Waals surface area contributed by atoms with Crippen LogP contribution in [-0.4, -0.2) is 22.7 Å². The maximum Gasteiger partial charge on any atom is 0.170 e. The van der Waals surface area contributed by atoms with Gasteiger partial charge in [0.15, 0.2) is 6.29 Å². The summed E-state index contributed by atoms with van der Waals surface area (Å²) < 4.78 is 7.30. The van der Waals surface area contributed by atoms with E-state index in [0.29, 0.717) is 12.3 Å². The summed E-state index contributed by atoms with van der Waals surface area (Å²) in [6.07, 6.45) is 3.40. The van der Waals surface area contributed by atoms with Crippen molar-refractivity contribution < 1.29 is 9.53 Å². The minimum Gasteiger partial charge on any atom is -0.494 e. The molecule has 88 valence electrons. The third-order valence-electron chi connectivity index (χ3n) is 2.33. The highest BCUT2D eigenvalue weighted by Gasteiger charge is 1.97. The highest BCUT2D eigenvalue weighted by molar-refractivity contribution is 5.71. The van der Waals surface area contributed by atoms with E-state index in [1.165, 1.54) is 0 Å². The van der Waals surface area contributed by atoms with Crippen LogP contribution in [0.1, 0.15) is 16.9 Å². The lowest BCUT2D eigenvalue weighted by Crippen LogP contribution is -2.05. The molecule has 4 heteroatoms. The molecule has 0 radical (unpaired) electrons. The van der Waals surface area contributed by atoms with Crippen LogP contribution in [0.15, 0.2) is 42.6 Å². The fraction of sp³-hybridized carbons (Fsp3) is 0.231. The molecule has 0 unspecified atom stereocenters.